The second-order valence-corrected chi connectivity index (χ2v) is 19.6. The molecule has 0 aliphatic carbocycles. The maximum atomic E-state index is 12.9. The van der Waals surface area contributed by atoms with E-state index in [1.54, 1.807) is 0 Å². The van der Waals surface area contributed by atoms with E-state index in [4.69, 9.17) is 14.2 Å². The fourth-order valence-corrected chi connectivity index (χ4v) is 8.32. The summed E-state index contributed by atoms with van der Waals surface area (Å²) >= 11 is 0. The molecule has 0 spiro atoms. The molecule has 0 aliphatic heterocycles. The average molecular weight is 976 g/mol. The molecule has 0 aromatic heterocycles. The van der Waals surface area contributed by atoms with Crippen molar-refractivity contribution in [3.63, 3.8) is 0 Å². The number of allylic oxidation sites excluding steroid dienone is 14. The van der Waals surface area contributed by atoms with Gasteiger partial charge in [0.1, 0.15) is 13.2 Å². The van der Waals surface area contributed by atoms with Crippen molar-refractivity contribution >= 4 is 17.9 Å². The number of unbranched alkanes of at least 4 members (excludes halogenated alkanes) is 30. The van der Waals surface area contributed by atoms with E-state index in [0.29, 0.717) is 19.3 Å². The zero-order valence-corrected chi connectivity index (χ0v) is 46.0. The standard InChI is InChI=1S/C64H110O6/c1-4-7-10-13-16-19-22-25-28-30-32-34-36-39-42-45-48-51-54-57-63(66)69-60-61(59-68-62(65)56-53-50-47-44-41-38-35-27-24-21-18-15-12-9-6-3)70-64(67)58-55-52-49-46-43-40-37-33-31-29-26-23-20-17-14-11-8-5-2/h7,9-10,12,15-16,18-19,21,24-25,28,32,34,61H,4-6,8,11,13-14,17,20,22-23,26-27,29-31,33,35-60H2,1-3H3/b10-7-,12-9-,18-15-,19-16-,24-21-,28-25-,34-32-. The Morgan fingerprint density at radius 2 is 0.629 bits per heavy atom. The van der Waals surface area contributed by atoms with Crippen molar-refractivity contribution in [3.05, 3.63) is 85.1 Å². The van der Waals surface area contributed by atoms with Crippen molar-refractivity contribution in [1.82, 2.24) is 0 Å². The first-order chi connectivity index (χ1) is 34.5. The molecule has 0 amide bonds. The number of rotatable bonds is 53. The van der Waals surface area contributed by atoms with Gasteiger partial charge in [-0.2, -0.15) is 0 Å². The van der Waals surface area contributed by atoms with Crippen LogP contribution in [0.4, 0.5) is 0 Å². The van der Waals surface area contributed by atoms with Crippen LogP contribution in [0.5, 0.6) is 0 Å². The van der Waals surface area contributed by atoms with Gasteiger partial charge in [0.15, 0.2) is 6.10 Å². The van der Waals surface area contributed by atoms with Crippen molar-refractivity contribution in [2.45, 2.75) is 290 Å². The van der Waals surface area contributed by atoms with Crippen LogP contribution in [0.2, 0.25) is 0 Å². The number of esters is 3. The van der Waals surface area contributed by atoms with Crippen molar-refractivity contribution in [1.29, 1.82) is 0 Å². The highest BCUT2D eigenvalue weighted by Gasteiger charge is 2.19. The molecule has 0 radical (unpaired) electrons. The van der Waals surface area contributed by atoms with Crippen LogP contribution in [-0.4, -0.2) is 37.2 Å². The quantitative estimate of drug-likeness (QED) is 0.0199. The molecule has 6 nitrogen and oxygen atoms in total. The molecule has 0 saturated heterocycles. The predicted molar refractivity (Wildman–Crippen MR) is 302 cm³/mol. The van der Waals surface area contributed by atoms with Gasteiger partial charge in [0.05, 0.1) is 0 Å². The van der Waals surface area contributed by atoms with Gasteiger partial charge in [-0.3, -0.25) is 14.4 Å². The first kappa shape index (κ1) is 66.6. The van der Waals surface area contributed by atoms with Crippen LogP contribution in [0, 0.1) is 0 Å². The van der Waals surface area contributed by atoms with Crippen LogP contribution >= 0.6 is 0 Å². The summed E-state index contributed by atoms with van der Waals surface area (Å²) in [6.45, 7) is 6.40. The van der Waals surface area contributed by atoms with Crippen molar-refractivity contribution in [2.24, 2.45) is 0 Å². The number of ether oxygens (including phenoxy) is 3. The lowest BCUT2D eigenvalue weighted by Gasteiger charge is -2.18. The summed E-state index contributed by atoms with van der Waals surface area (Å²) in [5.41, 5.74) is 0. The molecule has 0 bridgehead atoms. The van der Waals surface area contributed by atoms with E-state index < -0.39 is 6.10 Å². The molecular weight excluding hydrogens is 865 g/mol. The molecule has 402 valence electrons. The lowest BCUT2D eigenvalue weighted by molar-refractivity contribution is -0.167. The highest BCUT2D eigenvalue weighted by Crippen LogP contribution is 2.16. The number of carbonyl (C=O) groups excluding carboxylic acids is 3. The normalized spacial score (nSPS) is 12.7. The van der Waals surface area contributed by atoms with Gasteiger partial charge in [0.25, 0.3) is 0 Å². The van der Waals surface area contributed by atoms with E-state index in [1.165, 1.54) is 141 Å². The Kier molecular flexibility index (Phi) is 55.3. The molecule has 1 unspecified atom stereocenters. The Hall–Kier alpha value is -3.41. The molecule has 0 aliphatic rings. The molecular formula is C64H110O6. The van der Waals surface area contributed by atoms with Crippen molar-refractivity contribution in [3.8, 4) is 0 Å². The summed E-state index contributed by atoms with van der Waals surface area (Å²) < 4.78 is 16.9. The molecule has 0 heterocycles. The first-order valence-electron chi connectivity index (χ1n) is 29.6. The van der Waals surface area contributed by atoms with Crippen LogP contribution in [0.3, 0.4) is 0 Å². The zero-order chi connectivity index (χ0) is 50.7. The molecule has 0 N–H and O–H groups in total. The number of carbonyl (C=O) groups is 3. The fourth-order valence-electron chi connectivity index (χ4n) is 8.32. The van der Waals surface area contributed by atoms with Crippen LogP contribution in [0.25, 0.3) is 0 Å². The van der Waals surface area contributed by atoms with Crippen LogP contribution < -0.4 is 0 Å². The van der Waals surface area contributed by atoms with E-state index in [0.717, 1.165) is 103 Å². The minimum atomic E-state index is -0.787. The van der Waals surface area contributed by atoms with E-state index in [9.17, 15) is 14.4 Å². The SMILES string of the molecule is CC\C=C/C=C\C=C/CCCCCCCCCC(=O)OCC(COC(=O)CCCCCCCC/C=C\C/C=C\C/C=C\C/C=C\CC)OC(=O)CCCCCCCCCCCCCCCCCCCC. The van der Waals surface area contributed by atoms with Gasteiger partial charge in [0.2, 0.25) is 0 Å². The van der Waals surface area contributed by atoms with Gasteiger partial charge in [-0.15, -0.1) is 0 Å². The Morgan fingerprint density at radius 3 is 1.03 bits per heavy atom. The fraction of sp³-hybridized carbons (Fsp3) is 0.734. The molecule has 0 aromatic rings. The minimum absolute atomic E-state index is 0.0857. The largest absolute Gasteiger partial charge is 0.462 e. The van der Waals surface area contributed by atoms with E-state index in [1.807, 2.05) is 0 Å². The number of hydrogen-bond acceptors (Lipinski definition) is 6. The second kappa shape index (κ2) is 58.2. The lowest BCUT2D eigenvalue weighted by atomic mass is 10.0. The molecule has 0 fully saturated rings. The van der Waals surface area contributed by atoms with Gasteiger partial charge in [-0.05, 0) is 77.0 Å². The topological polar surface area (TPSA) is 78.9 Å². The molecule has 0 aromatic carbocycles. The molecule has 6 heteroatoms. The van der Waals surface area contributed by atoms with E-state index in [2.05, 4.69) is 106 Å². The Labute approximate surface area is 433 Å². The Morgan fingerprint density at radius 1 is 0.314 bits per heavy atom. The van der Waals surface area contributed by atoms with Crippen LogP contribution in [0.15, 0.2) is 85.1 Å². The first-order valence-corrected chi connectivity index (χ1v) is 29.6. The maximum absolute atomic E-state index is 12.9. The van der Waals surface area contributed by atoms with Crippen molar-refractivity contribution in [2.75, 3.05) is 13.2 Å². The van der Waals surface area contributed by atoms with Gasteiger partial charge in [-0.25, -0.2) is 0 Å². The summed E-state index contributed by atoms with van der Waals surface area (Å²) in [5.74, 6) is -0.900. The Bertz CT molecular complexity index is 1350. The summed E-state index contributed by atoms with van der Waals surface area (Å²) in [6, 6.07) is 0. The highest BCUT2D eigenvalue weighted by molar-refractivity contribution is 5.71. The molecule has 70 heavy (non-hydrogen) atoms. The van der Waals surface area contributed by atoms with Gasteiger partial charge in [-0.1, -0.05) is 273 Å². The minimum Gasteiger partial charge on any atom is -0.462 e. The molecule has 1 atom stereocenters. The lowest BCUT2D eigenvalue weighted by Crippen LogP contribution is -2.30. The molecule has 0 saturated carbocycles. The third kappa shape index (κ3) is 55.5. The third-order valence-electron chi connectivity index (χ3n) is 12.7. The average Bonchev–Trinajstić information content (AvgIpc) is 3.36. The Balaban J connectivity index is 4.40. The summed E-state index contributed by atoms with van der Waals surface area (Å²) in [5, 5.41) is 0. The summed E-state index contributed by atoms with van der Waals surface area (Å²) in [6.07, 6.45) is 75.7. The van der Waals surface area contributed by atoms with Gasteiger partial charge in [0, 0.05) is 19.3 Å². The summed E-state index contributed by atoms with van der Waals surface area (Å²) in [4.78, 5) is 38.2. The second-order valence-electron chi connectivity index (χ2n) is 19.6. The predicted octanol–water partition coefficient (Wildman–Crippen LogP) is 19.9. The van der Waals surface area contributed by atoms with E-state index >= 15 is 0 Å². The number of hydrogen-bond donors (Lipinski definition) is 0. The third-order valence-corrected chi connectivity index (χ3v) is 12.7. The highest BCUT2D eigenvalue weighted by atomic mass is 16.6. The van der Waals surface area contributed by atoms with Crippen LogP contribution in [-0.2, 0) is 28.6 Å². The van der Waals surface area contributed by atoms with Gasteiger partial charge < -0.3 is 14.2 Å². The maximum Gasteiger partial charge on any atom is 0.306 e. The smallest absolute Gasteiger partial charge is 0.306 e. The van der Waals surface area contributed by atoms with E-state index in [-0.39, 0.29) is 31.1 Å². The summed E-state index contributed by atoms with van der Waals surface area (Å²) in [7, 11) is 0. The van der Waals surface area contributed by atoms with Crippen LogP contribution in [0.1, 0.15) is 284 Å². The van der Waals surface area contributed by atoms with Gasteiger partial charge >= 0.3 is 17.9 Å². The van der Waals surface area contributed by atoms with Crippen molar-refractivity contribution < 1.29 is 28.6 Å². The zero-order valence-electron chi connectivity index (χ0n) is 46.0. The monoisotopic (exact) mass is 975 g/mol. The molecule has 0 rings (SSSR count).